The molecule has 1 aliphatic heterocycles. The molecule has 5 nitrogen and oxygen atoms in total. The summed E-state index contributed by atoms with van der Waals surface area (Å²) in [7, 11) is 1.56. The Bertz CT molecular complexity index is 444. The topological polar surface area (TPSA) is 81.6 Å². The Morgan fingerprint density at radius 3 is 2.76 bits per heavy atom. The largest absolute Gasteiger partial charge is 0.492 e. The second kappa shape index (κ2) is 4.44. The molecule has 0 spiro atoms. The van der Waals surface area contributed by atoms with Gasteiger partial charge in [0.15, 0.2) is 5.75 Å². The normalized spacial score (nSPS) is 19.6. The Kier molecular flexibility index (Phi) is 3.15. The summed E-state index contributed by atoms with van der Waals surface area (Å²) in [5, 5.41) is 0.920. The lowest BCUT2D eigenvalue weighted by molar-refractivity contribution is 0.100. The van der Waals surface area contributed by atoms with Gasteiger partial charge in [0.2, 0.25) is 0 Å². The third-order valence-electron chi connectivity index (χ3n) is 3.02. The number of hydrogen-bond donors (Lipinski definition) is 2. The number of methoxy groups -OCH3 is 1. The second-order valence-corrected chi connectivity index (χ2v) is 5.39. The van der Waals surface area contributed by atoms with Gasteiger partial charge < -0.3 is 21.1 Å². The lowest BCUT2D eigenvalue weighted by Gasteiger charge is -2.17. The number of nitrogens with zero attached hydrogens (tertiary/aromatic N) is 1. The summed E-state index contributed by atoms with van der Waals surface area (Å²) in [5.41, 5.74) is 11.5. The van der Waals surface area contributed by atoms with Gasteiger partial charge in [0.05, 0.1) is 7.11 Å². The molecule has 1 unspecified atom stereocenters. The molecule has 6 heteroatoms. The molecular weight excluding hydrogens is 238 g/mol. The number of primary amides is 1. The molecule has 1 aliphatic rings. The molecule has 17 heavy (non-hydrogen) atoms. The number of hydrogen-bond acceptors (Lipinski definition) is 5. The lowest BCUT2D eigenvalue weighted by atomic mass is 10.2. The van der Waals surface area contributed by atoms with Crippen molar-refractivity contribution in [1.82, 2.24) is 0 Å². The maximum Gasteiger partial charge on any atom is 0.261 e. The van der Waals surface area contributed by atoms with Crippen LogP contribution in [0.15, 0.2) is 0 Å². The number of carbonyl (C=O) groups is 1. The molecular formula is C11H17N3O2S. The van der Waals surface area contributed by atoms with Crippen molar-refractivity contribution in [2.24, 2.45) is 11.7 Å². The van der Waals surface area contributed by atoms with Crippen LogP contribution in [0.3, 0.4) is 0 Å². The van der Waals surface area contributed by atoms with Crippen molar-refractivity contribution in [1.29, 1.82) is 0 Å². The van der Waals surface area contributed by atoms with Crippen molar-refractivity contribution in [2.75, 3.05) is 30.8 Å². The highest BCUT2D eigenvalue weighted by Crippen LogP contribution is 2.45. The van der Waals surface area contributed by atoms with Crippen LogP contribution in [0.25, 0.3) is 0 Å². The van der Waals surface area contributed by atoms with Gasteiger partial charge in [-0.05, 0) is 12.3 Å². The van der Waals surface area contributed by atoms with Crippen LogP contribution in [0.2, 0.25) is 0 Å². The van der Waals surface area contributed by atoms with Crippen LogP contribution in [0, 0.1) is 5.92 Å². The van der Waals surface area contributed by atoms with E-state index in [1.165, 1.54) is 11.3 Å². The maximum atomic E-state index is 11.3. The third kappa shape index (κ3) is 2.04. The van der Waals surface area contributed by atoms with E-state index in [1.54, 1.807) is 7.11 Å². The van der Waals surface area contributed by atoms with E-state index in [2.05, 4.69) is 11.8 Å². The smallest absolute Gasteiger partial charge is 0.261 e. The molecule has 0 aliphatic carbocycles. The van der Waals surface area contributed by atoms with Crippen LogP contribution in [0.1, 0.15) is 23.0 Å². The molecule has 0 saturated carbocycles. The molecule has 1 saturated heterocycles. The van der Waals surface area contributed by atoms with E-state index in [9.17, 15) is 4.79 Å². The standard InChI is InChI=1S/C11H17N3O2S/c1-6-3-4-14(5-6)11-8(16-2)7(12)9(17-11)10(13)15/h6H,3-5,12H2,1-2H3,(H2,13,15). The molecule has 1 amide bonds. The van der Waals surface area contributed by atoms with E-state index in [4.69, 9.17) is 16.2 Å². The minimum Gasteiger partial charge on any atom is -0.492 e. The number of thiophene rings is 1. The molecule has 2 rings (SSSR count). The molecule has 1 aromatic heterocycles. The summed E-state index contributed by atoms with van der Waals surface area (Å²) in [5.74, 6) is 0.738. The fourth-order valence-electron chi connectivity index (χ4n) is 2.12. The molecule has 0 bridgehead atoms. The van der Waals surface area contributed by atoms with E-state index in [-0.39, 0.29) is 0 Å². The monoisotopic (exact) mass is 255 g/mol. The summed E-state index contributed by atoms with van der Waals surface area (Å²) in [6.45, 7) is 4.14. The predicted molar refractivity (Wildman–Crippen MR) is 69.8 cm³/mol. The van der Waals surface area contributed by atoms with Gasteiger partial charge in [-0.15, -0.1) is 11.3 Å². The van der Waals surface area contributed by atoms with Gasteiger partial charge in [-0.2, -0.15) is 0 Å². The molecule has 0 radical (unpaired) electrons. The summed E-state index contributed by atoms with van der Waals surface area (Å²) < 4.78 is 5.29. The van der Waals surface area contributed by atoms with Crippen molar-refractivity contribution >= 4 is 27.9 Å². The van der Waals surface area contributed by atoms with E-state index >= 15 is 0 Å². The summed E-state index contributed by atoms with van der Waals surface area (Å²) in [4.78, 5) is 13.9. The highest BCUT2D eigenvalue weighted by molar-refractivity contribution is 7.19. The van der Waals surface area contributed by atoms with E-state index < -0.39 is 5.91 Å². The highest BCUT2D eigenvalue weighted by Gasteiger charge is 2.27. The van der Waals surface area contributed by atoms with Crippen LogP contribution in [0.5, 0.6) is 5.75 Å². The minimum atomic E-state index is -0.496. The van der Waals surface area contributed by atoms with Crippen molar-refractivity contribution in [2.45, 2.75) is 13.3 Å². The minimum absolute atomic E-state index is 0.361. The fourth-order valence-corrected chi connectivity index (χ4v) is 3.20. The summed E-state index contributed by atoms with van der Waals surface area (Å²) in [6, 6.07) is 0. The van der Waals surface area contributed by atoms with E-state index in [0.717, 1.165) is 24.5 Å². The fraction of sp³-hybridized carbons (Fsp3) is 0.545. The Morgan fingerprint density at radius 1 is 1.59 bits per heavy atom. The van der Waals surface area contributed by atoms with Crippen molar-refractivity contribution in [3.8, 4) is 5.75 Å². The van der Waals surface area contributed by atoms with Crippen LogP contribution >= 0.6 is 11.3 Å². The summed E-state index contributed by atoms with van der Waals surface area (Å²) in [6.07, 6.45) is 1.15. The third-order valence-corrected chi connectivity index (χ3v) is 4.28. The molecule has 1 atom stereocenters. The molecule has 94 valence electrons. The number of anilines is 2. The van der Waals surface area contributed by atoms with Crippen molar-refractivity contribution in [3.05, 3.63) is 4.88 Å². The highest BCUT2D eigenvalue weighted by atomic mass is 32.1. The van der Waals surface area contributed by atoms with Crippen molar-refractivity contribution in [3.63, 3.8) is 0 Å². The first kappa shape index (κ1) is 12.0. The molecule has 2 heterocycles. The SMILES string of the molecule is COc1c(N2CCC(C)C2)sc(C(N)=O)c1N. The van der Waals surface area contributed by atoms with Gasteiger partial charge in [-0.1, -0.05) is 6.92 Å². The first-order valence-electron chi connectivity index (χ1n) is 5.55. The van der Waals surface area contributed by atoms with Crippen LogP contribution in [-0.4, -0.2) is 26.1 Å². The Balaban J connectivity index is 2.39. The zero-order valence-corrected chi connectivity index (χ0v) is 10.8. The van der Waals surface area contributed by atoms with Gasteiger partial charge in [0.1, 0.15) is 15.6 Å². The maximum absolute atomic E-state index is 11.3. The quantitative estimate of drug-likeness (QED) is 0.852. The number of nitrogens with two attached hydrogens (primary N) is 2. The lowest BCUT2D eigenvalue weighted by Crippen LogP contribution is -2.18. The molecule has 4 N–H and O–H groups in total. The number of amides is 1. The van der Waals surface area contributed by atoms with E-state index in [1.807, 2.05) is 0 Å². The van der Waals surface area contributed by atoms with Gasteiger partial charge >= 0.3 is 0 Å². The average molecular weight is 255 g/mol. The van der Waals surface area contributed by atoms with Crippen molar-refractivity contribution < 1.29 is 9.53 Å². The van der Waals surface area contributed by atoms with Crippen LogP contribution in [0.4, 0.5) is 10.7 Å². The first-order chi connectivity index (χ1) is 8.04. The average Bonchev–Trinajstić information content (AvgIpc) is 2.82. The summed E-state index contributed by atoms with van der Waals surface area (Å²) >= 11 is 1.32. The predicted octanol–water partition coefficient (Wildman–Crippen LogP) is 1.28. The zero-order chi connectivity index (χ0) is 12.6. The van der Waals surface area contributed by atoms with Gasteiger partial charge in [0.25, 0.3) is 5.91 Å². The Hall–Kier alpha value is -1.43. The van der Waals surface area contributed by atoms with Gasteiger partial charge in [-0.25, -0.2) is 0 Å². The number of rotatable bonds is 3. The van der Waals surface area contributed by atoms with Crippen LogP contribution < -0.4 is 21.1 Å². The van der Waals surface area contributed by atoms with Gasteiger partial charge in [-0.3, -0.25) is 4.79 Å². The van der Waals surface area contributed by atoms with Gasteiger partial charge in [0, 0.05) is 13.1 Å². The number of carbonyl (C=O) groups excluding carboxylic acids is 1. The zero-order valence-electron chi connectivity index (χ0n) is 10.0. The van der Waals surface area contributed by atoms with Crippen LogP contribution in [-0.2, 0) is 0 Å². The molecule has 0 aromatic carbocycles. The number of nitrogen functional groups attached to an aromatic ring is 1. The molecule has 1 fully saturated rings. The Labute approximate surface area is 104 Å². The van der Waals surface area contributed by atoms with E-state index in [0.29, 0.717) is 22.2 Å². The number of ether oxygens (including phenoxy) is 1. The Morgan fingerprint density at radius 2 is 2.29 bits per heavy atom. The first-order valence-corrected chi connectivity index (χ1v) is 6.37. The second-order valence-electron chi connectivity index (χ2n) is 4.39. The molecule has 1 aromatic rings.